The van der Waals surface area contributed by atoms with Crippen LogP contribution in [0, 0.1) is 0 Å². The minimum atomic E-state index is -3.45. The van der Waals surface area contributed by atoms with Gasteiger partial charge in [0.05, 0.1) is 17.6 Å². The molecular formula is C20H31N3O4S. The van der Waals surface area contributed by atoms with Crippen molar-refractivity contribution in [2.45, 2.75) is 42.2 Å². The fourth-order valence-corrected chi connectivity index (χ4v) is 6.17. The fraction of sp³-hybridized carbons (Fsp3) is 0.700. The van der Waals surface area contributed by atoms with Crippen molar-refractivity contribution >= 4 is 10.0 Å². The molecule has 1 atom stereocenters. The van der Waals surface area contributed by atoms with E-state index in [4.69, 9.17) is 9.47 Å². The van der Waals surface area contributed by atoms with E-state index in [2.05, 4.69) is 10.2 Å². The molecule has 1 aromatic carbocycles. The molecular weight excluding hydrogens is 378 g/mol. The summed E-state index contributed by atoms with van der Waals surface area (Å²) in [5.41, 5.74) is 0.0282. The van der Waals surface area contributed by atoms with Crippen molar-refractivity contribution in [1.82, 2.24) is 14.5 Å². The summed E-state index contributed by atoms with van der Waals surface area (Å²) in [6.45, 7) is 5.53. The van der Waals surface area contributed by atoms with Gasteiger partial charge in [0.25, 0.3) is 0 Å². The summed E-state index contributed by atoms with van der Waals surface area (Å²) in [4.78, 5) is 2.81. The molecule has 7 nitrogen and oxygen atoms in total. The van der Waals surface area contributed by atoms with Gasteiger partial charge in [0.2, 0.25) is 10.0 Å². The van der Waals surface area contributed by atoms with Crippen LogP contribution in [0.5, 0.6) is 5.75 Å². The summed E-state index contributed by atoms with van der Waals surface area (Å²) in [6, 6.07) is 7.14. The van der Waals surface area contributed by atoms with Crippen LogP contribution < -0.4 is 10.1 Å². The van der Waals surface area contributed by atoms with E-state index in [1.807, 2.05) is 0 Å². The second-order valence-corrected chi connectivity index (χ2v) is 9.98. The molecule has 0 bridgehead atoms. The number of benzene rings is 1. The summed E-state index contributed by atoms with van der Waals surface area (Å²) in [5.74, 6) is 0.662. The van der Waals surface area contributed by atoms with E-state index < -0.39 is 10.0 Å². The smallest absolute Gasteiger partial charge is 0.243 e. The predicted molar refractivity (Wildman–Crippen MR) is 107 cm³/mol. The zero-order valence-electron chi connectivity index (χ0n) is 16.6. The molecule has 3 aliphatic rings. The fourth-order valence-electron chi connectivity index (χ4n) is 4.75. The molecule has 1 N–H and O–H groups in total. The Morgan fingerprint density at radius 1 is 1.11 bits per heavy atom. The molecule has 0 radical (unpaired) electrons. The maximum absolute atomic E-state index is 13.0. The van der Waals surface area contributed by atoms with Crippen molar-refractivity contribution < 1.29 is 17.9 Å². The van der Waals surface area contributed by atoms with E-state index in [0.29, 0.717) is 29.8 Å². The Morgan fingerprint density at radius 3 is 2.43 bits per heavy atom. The lowest BCUT2D eigenvalue weighted by atomic mass is 9.82. The van der Waals surface area contributed by atoms with Crippen LogP contribution in [-0.4, -0.2) is 82.3 Å². The van der Waals surface area contributed by atoms with Gasteiger partial charge in [-0.3, -0.25) is 4.90 Å². The highest BCUT2D eigenvalue weighted by Crippen LogP contribution is 2.35. The molecule has 4 rings (SSSR count). The standard InChI is InChI=1S/C20H31N3O4S/c1-26-18-2-4-19(5-3-18)28(24,25)23-13-11-22(12-14-23)17-6-15-27-20(16-17)7-9-21-10-8-20/h2-5,17,21H,6-16H2,1H3. The lowest BCUT2D eigenvalue weighted by molar-refractivity contribution is -0.122. The summed E-state index contributed by atoms with van der Waals surface area (Å²) >= 11 is 0. The van der Waals surface area contributed by atoms with E-state index in [0.717, 1.165) is 58.5 Å². The van der Waals surface area contributed by atoms with E-state index in [1.54, 1.807) is 35.7 Å². The third-order valence-corrected chi connectivity index (χ3v) is 8.38. The van der Waals surface area contributed by atoms with Crippen LogP contribution in [0.1, 0.15) is 25.7 Å². The van der Waals surface area contributed by atoms with E-state index in [1.165, 1.54) is 0 Å². The molecule has 0 aromatic heterocycles. The number of rotatable bonds is 4. The topological polar surface area (TPSA) is 71.1 Å². The Hall–Kier alpha value is -1.19. The van der Waals surface area contributed by atoms with Gasteiger partial charge < -0.3 is 14.8 Å². The first kappa shape index (κ1) is 20.1. The Labute approximate surface area is 168 Å². The van der Waals surface area contributed by atoms with Gasteiger partial charge in [-0.1, -0.05) is 0 Å². The van der Waals surface area contributed by atoms with E-state index >= 15 is 0 Å². The molecule has 0 aliphatic carbocycles. The molecule has 3 fully saturated rings. The van der Waals surface area contributed by atoms with Crippen molar-refractivity contribution in [3.63, 3.8) is 0 Å². The molecule has 8 heteroatoms. The maximum atomic E-state index is 13.0. The lowest BCUT2D eigenvalue weighted by Gasteiger charge is -2.48. The first-order chi connectivity index (χ1) is 13.5. The molecule has 0 saturated carbocycles. The largest absolute Gasteiger partial charge is 0.497 e. The van der Waals surface area contributed by atoms with E-state index in [-0.39, 0.29) is 5.60 Å². The van der Waals surface area contributed by atoms with Crippen LogP contribution in [0.3, 0.4) is 0 Å². The summed E-state index contributed by atoms with van der Waals surface area (Å²) in [7, 11) is -1.87. The van der Waals surface area contributed by atoms with Crippen molar-refractivity contribution in [2.75, 3.05) is 53.0 Å². The number of nitrogens with one attached hydrogen (secondary N) is 1. The van der Waals surface area contributed by atoms with Crippen LogP contribution in [0.2, 0.25) is 0 Å². The zero-order valence-corrected chi connectivity index (χ0v) is 17.4. The summed E-state index contributed by atoms with van der Waals surface area (Å²) in [6.07, 6.45) is 4.27. The Bertz CT molecular complexity index is 749. The average molecular weight is 410 g/mol. The average Bonchev–Trinajstić information content (AvgIpc) is 2.74. The van der Waals surface area contributed by atoms with Gasteiger partial charge in [0, 0.05) is 38.8 Å². The number of piperazine rings is 1. The Morgan fingerprint density at radius 2 is 1.79 bits per heavy atom. The lowest BCUT2D eigenvalue weighted by Crippen LogP contribution is -2.57. The van der Waals surface area contributed by atoms with Crippen LogP contribution in [0.4, 0.5) is 0 Å². The van der Waals surface area contributed by atoms with E-state index in [9.17, 15) is 8.42 Å². The molecule has 3 heterocycles. The van der Waals surface area contributed by atoms with Crippen LogP contribution in [-0.2, 0) is 14.8 Å². The minimum absolute atomic E-state index is 0.0282. The number of ether oxygens (including phenoxy) is 2. The first-order valence-electron chi connectivity index (χ1n) is 10.3. The van der Waals surface area contributed by atoms with Gasteiger partial charge in [0.15, 0.2) is 0 Å². The van der Waals surface area contributed by atoms with Gasteiger partial charge in [-0.05, 0) is 63.0 Å². The van der Waals surface area contributed by atoms with Gasteiger partial charge in [-0.15, -0.1) is 0 Å². The molecule has 0 amide bonds. The number of hydrogen-bond acceptors (Lipinski definition) is 6. The van der Waals surface area contributed by atoms with Gasteiger partial charge >= 0.3 is 0 Å². The highest BCUT2D eigenvalue weighted by atomic mass is 32.2. The highest BCUT2D eigenvalue weighted by Gasteiger charge is 2.41. The second kappa shape index (κ2) is 8.28. The SMILES string of the molecule is COc1ccc(S(=O)(=O)N2CCN(C3CCOC4(CCNCC4)C3)CC2)cc1. The van der Waals surface area contributed by atoms with Crippen molar-refractivity contribution in [1.29, 1.82) is 0 Å². The Kier molecular flexibility index (Phi) is 5.94. The maximum Gasteiger partial charge on any atom is 0.243 e. The van der Waals surface area contributed by atoms with Crippen molar-refractivity contribution in [3.8, 4) is 5.75 Å². The predicted octanol–water partition coefficient (Wildman–Crippen LogP) is 1.30. The number of hydrogen-bond donors (Lipinski definition) is 1. The molecule has 3 saturated heterocycles. The summed E-state index contributed by atoms with van der Waals surface area (Å²) in [5, 5.41) is 3.42. The third kappa shape index (κ3) is 4.07. The molecule has 1 aromatic rings. The molecule has 1 spiro atoms. The second-order valence-electron chi connectivity index (χ2n) is 8.04. The van der Waals surface area contributed by atoms with Gasteiger partial charge in [-0.2, -0.15) is 4.31 Å². The van der Waals surface area contributed by atoms with Crippen LogP contribution in [0.25, 0.3) is 0 Å². The summed E-state index contributed by atoms with van der Waals surface area (Å²) < 4.78 is 38.8. The number of methoxy groups -OCH3 is 1. The van der Waals surface area contributed by atoms with Gasteiger partial charge in [-0.25, -0.2) is 8.42 Å². The van der Waals surface area contributed by atoms with Gasteiger partial charge in [0.1, 0.15) is 5.75 Å². The Balaban J connectivity index is 1.37. The zero-order chi connectivity index (χ0) is 19.6. The van der Waals surface area contributed by atoms with Crippen molar-refractivity contribution in [3.05, 3.63) is 24.3 Å². The third-order valence-electron chi connectivity index (χ3n) is 6.47. The minimum Gasteiger partial charge on any atom is -0.497 e. The first-order valence-corrected chi connectivity index (χ1v) is 11.7. The monoisotopic (exact) mass is 409 g/mol. The normalized spacial score (nSPS) is 27.0. The molecule has 28 heavy (non-hydrogen) atoms. The van der Waals surface area contributed by atoms with Crippen LogP contribution >= 0.6 is 0 Å². The number of piperidine rings is 1. The molecule has 1 unspecified atom stereocenters. The van der Waals surface area contributed by atoms with Crippen LogP contribution in [0.15, 0.2) is 29.2 Å². The quantitative estimate of drug-likeness (QED) is 0.808. The number of nitrogens with zero attached hydrogens (tertiary/aromatic N) is 2. The number of sulfonamides is 1. The van der Waals surface area contributed by atoms with Crippen molar-refractivity contribution in [2.24, 2.45) is 0 Å². The molecule has 3 aliphatic heterocycles. The molecule has 156 valence electrons. The highest BCUT2D eigenvalue weighted by molar-refractivity contribution is 7.89.